The van der Waals surface area contributed by atoms with Gasteiger partial charge in [0.15, 0.2) is 6.30 Å². The van der Waals surface area contributed by atoms with Gasteiger partial charge < -0.3 is 10.1 Å². The van der Waals surface area contributed by atoms with E-state index in [4.69, 9.17) is 4.74 Å². The van der Waals surface area contributed by atoms with E-state index in [1.165, 1.54) is 0 Å². The number of halogens is 2. The third-order valence-corrected chi connectivity index (χ3v) is 4.36. The van der Waals surface area contributed by atoms with Crippen molar-refractivity contribution in [2.45, 2.75) is 25.6 Å². The number of hydrogen-bond donors (Lipinski definition) is 1. The molecule has 0 amide bonds. The van der Waals surface area contributed by atoms with Gasteiger partial charge in [-0.25, -0.2) is 13.8 Å². The summed E-state index contributed by atoms with van der Waals surface area (Å²) in [6.45, 7) is 1.58. The van der Waals surface area contributed by atoms with Gasteiger partial charge in [0.2, 0.25) is 0 Å². The van der Waals surface area contributed by atoms with Crippen LogP contribution in [0.1, 0.15) is 25.0 Å². The topological polar surface area (TPSA) is 70.3 Å². The Kier molecular flexibility index (Phi) is 4.86. The van der Waals surface area contributed by atoms with E-state index in [0.717, 1.165) is 6.21 Å². The van der Waals surface area contributed by atoms with Gasteiger partial charge in [0.1, 0.15) is 11.6 Å². The largest absolute Gasteiger partial charge is 0.381 e. The second-order valence-corrected chi connectivity index (χ2v) is 6.01. The fourth-order valence-electron chi connectivity index (χ4n) is 2.82. The molecule has 0 spiro atoms. The van der Waals surface area contributed by atoms with E-state index in [0.29, 0.717) is 44.1 Å². The van der Waals surface area contributed by atoms with Crippen LogP contribution in [0.3, 0.4) is 0 Å². The molecule has 1 fully saturated rings. The van der Waals surface area contributed by atoms with Crippen LogP contribution in [0.4, 0.5) is 14.6 Å². The number of allylic oxidation sites excluding steroid dienone is 1. The number of pyridine rings is 1. The van der Waals surface area contributed by atoms with Crippen molar-refractivity contribution < 1.29 is 13.5 Å². The van der Waals surface area contributed by atoms with E-state index in [-0.39, 0.29) is 12.0 Å². The number of hydrogen-bond acceptors (Lipinski definition) is 5. The van der Waals surface area contributed by atoms with Gasteiger partial charge in [-0.2, -0.15) is 5.26 Å². The molecule has 1 aromatic heterocycles. The molecule has 24 heavy (non-hydrogen) atoms. The first-order chi connectivity index (χ1) is 11.6. The lowest BCUT2D eigenvalue weighted by molar-refractivity contribution is 0.0455. The first-order valence-corrected chi connectivity index (χ1v) is 7.88. The highest BCUT2D eigenvalue weighted by atomic mass is 19.1. The number of alkyl halides is 1. The maximum Gasteiger partial charge on any atom is 0.194 e. The molecule has 2 aliphatic heterocycles. The molecule has 7 heteroatoms. The Balaban J connectivity index is 1.74. The summed E-state index contributed by atoms with van der Waals surface area (Å²) in [5, 5.41) is 12.6. The van der Waals surface area contributed by atoms with Gasteiger partial charge in [-0.3, -0.25) is 4.99 Å². The number of aliphatic imine (C=N–C) groups is 1. The highest BCUT2D eigenvalue weighted by Gasteiger charge is 2.32. The highest BCUT2D eigenvalue weighted by molar-refractivity contribution is 5.89. The lowest BCUT2D eigenvalue weighted by Crippen LogP contribution is -2.34. The average molecular weight is 332 g/mol. The molecule has 1 saturated heterocycles. The zero-order chi connectivity index (χ0) is 17.0. The molecule has 0 bridgehead atoms. The van der Waals surface area contributed by atoms with Crippen LogP contribution in [0.2, 0.25) is 0 Å². The van der Waals surface area contributed by atoms with Gasteiger partial charge in [-0.1, -0.05) is 6.07 Å². The van der Waals surface area contributed by atoms with Crippen LogP contribution >= 0.6 is 0 Å². The molecule has 0 radical (unpaired) electrons. The van der Waals surface area contributed by atoms with E-state index in [2.05, 4.69) is 21.4 Å². The smallest absolute Gasteiger partial charge is 0.194 e. The van der Waals surface area contributed by atoms with Crippen molar-refractivity contribution in [3.8, 4) is 6.07 Å². The summed E-state index contributed by atoms with van der Waals surface area (Å²) in [7, 11) is 0. The molecule has 1 aromatic rings. The fraction of sp³-hybridized carbons (Fsp3) is 0.471. The van der Waals surface area contributed by atoms with Gasteiger partial charge in [0.25, 0.3) is 0 Å². The third kappa shape index (κ3) is 3.60. The zero-order valence-corrected chi connectivity index (χ0v) is 13.1. The first-order valence-electron chi connectivity index (χ1n) is 7.88. The molecule has 5 nitrogen and oxygen atoms in total. The number of anilines is 1. The van der Waals surface area contributed by atoms with Crippen LogP contribution in [0.25, 0.3) is 5.57 Å². The standard InChI is InChI=1S/C17H18F2N4O/c18-13-9-21-15(19)8-12(13)14-2-1-3-16(23-14)22-11-17(10-20)4-6-24-7-5-17/h1-3,9,15H,4-8,11H2,(H,22,23). The minimum absolute atomic E-state index is 0.127. The number of aromatic nitrogens is 1. The Bertz CT molecular complexity index is 705. The lowest BCUT2D eigenvalue weighted by atomic mass is 9.82. The van der Waals surface area contributed by atoms with Gasteiger partial charge in [0.05, 0.1) is 23.4 Å². The quantitative estimate of drug-likeness (QED) is 0.859. The Labute approximate surface area is 139 Å². The zero-order valence-electron chi connectivity index (χ0n) is 13.1. The average Bonchev–Trinajstić information content (AvgIpc) is 2.63. The van der Waals surface area contributed by atoms with Crippen molar-refractivity contribution in [3.63, 3.8) is 0 Å². The van der Waals surface area contributed by atoms with E-state index in [1.54, 1.807) is 18.2 Å². The van der Waals surface area contributed by atoms with Gasteiger partial charge in [0, 0.05) is 31.8 Å². The molecular weight excluding hydrogens is 314 g/mol. The van der Waals surface area contributed by atoms with Gasteiger partial charge >= 0.3 is 0 Å². The minimum Gasteiger partial charge on any atom is -0.381 e. The SMILES string of the molecule is N#CC1(CNc2cccc(C3=C(F)C=NC(F)C3)n2)CCOCC1. The molecule has 126 valence electrons. The Morgan fingerprint density at radius 1 is 1.38 bits per heavy atom. The van der Waals surface area contributed by atoms with E-state index >= 15 is 0 Å². The molecule has 0 aliphatic carbocycles. The molecule has 0 saturated carbocycles. The number of nitrogens with one attached hydrogen (secondary N) is 1. The summed E-state index contributed by atoms with van der Waals surface area (Å²) < 4.78 is 32.6. The normalized spacial score (nSPS) is 23.0. The van der Waals surface area contributed by atoms with Crippen LogP contribution < -0.4 is 5.32 Å². The molecule has 0 aromatic carbocycles. The molecule has 1 atom stereocenters. The number of dihydropyridines is 1. The van der Waals surface area contributed by atoms with E-state index in [1.807, 2.05) is 0 Å². The van der Waals surface area contributed by atoms with Crippen molar-refractivity contribution in [2.24, 2.45) is 10.4 Å². The predicted octanol–water partition coefficient (Wildman–Crippen LogP) is 3.26. The minimum atomic E-state index is -1.44. The summed E-state index contributed by atoms with van der Waals surface area (Å²) in [4.78, 5) is 7.76. The molecule has 2 aliphatic rings. The molecular formula is C17H18F2N4O. The molecule has 1 unspecified atom stereocenters. The molecule has 3 heterocycles. The number of ether oxygens (including phenoxy) is 1. The summed E-state index contributed by atoms with van der Waals surface area (Å²) in [5.74, 6) is -0.0293. The van der Waals surface area contributed by atoms with Gasteiger partial charge in [-0.15, -0.1) is 0 Å². The van der Waals surface area contributed by atoms with Crippen molar-refractivity contribution >= 4 is 17.6 Å². The van der Waals surface area contributed by atoms with Gasteiger partial charge in [-0.05, 0) is 25.0 Å². The second kappa shape index (κ2) is 7.05. The highest BCUT2D eigenvalue weighted by Crippen LogP contribution is 2.31. The lowest BCUT2D eigenvalue weighted by Gasteiger charge is -2.30. The second-order valence-electron chi connectivity index (χ2n) is 6.01. The summed E-state index contributed by atoms with van der Waals surface area (Å²) in [6.07, 6.45) is 0.657. The summed E-state index contributed by atoms with van der Waals surface area (Å²) in [6, 6.07) is 7.49. The Hall–Kier alpha value is -2.33. The van der Waals surface area contributed by atoms with Crippen molar-refractivity contribution in [1.29, 1.82) is 5.26 Å². The van der Waals surface area contributed by atoms with Crippen molar-refractivity contribution in [3.05, 3.63) is 29.7 Å². The fourth-order valence-corrected chi connectivity index (χ4v) is 2.82. The predicted molar refractivity (Wildman–Crippen MR) is 86.9 cm³/mol. The Morgan fingerprint density at radius 3 is 2.92 bits per heavy atom. The van der Waals surface area contributed by atoms with Crippen molar-refractivity contribution in [1.82, 2.24) is 4.98 Å². The number of nitriles is 1. The maximum absolute atomic E-state index is 13.9. The molecule has 1 N–H and O–H groups in total. The number of nitrogens with zero attached hydrogens (tertiary/aromatic N) is 3. The monoisotopic (exact) mass is 332 g/mol. The Morgan fingerprint density at radius 2 is 2.17 bits per heavy atom. The third-order valence-electron chi connectivity index (χ3n) is 4.36. The summed E-state index contributed by atoms with van der Waals surface area (Å²) in [5.41, 5.74) is 0.105. The van der Waals surface area contributed by atoms with Crippen LogP contribution in [0.15, 0.2) is 29.0 Å². The van der Waals surface area contributed by atoms with Crippen LogP contribution in [0, 0.1) is 16.7 Å². The van der Waals surface area contributed by atoms with Crippen LogP contribution in [-0.4, -0.2) is 37.3 Å². The number of rotatable bonds is 4. The molecule has 3 rings (SSSR count). The van der Waals surface area contributed by atoms with E-state index in [9.17, 15) is 14.0 Å². The van der Waals surface area contributed by atoms with Crippen LogP contribution in [0.5, 0.6) is 0 Å². The van der Waals surface area contributed by atoms with Crippen molar-refractivity contribution in [2.75, 3.05) is 25.1 Å². The first kappa shape index (κ1) is 16.5. The summed E-state index contributed by atoms with van der Waals surface area (Å²) >= 11 is 0. The van der Waals surface area contributed by atoms with Crippen LogP contribution in [-0.2, 0) is 4.74 Å². The van der Waals surface area contributed by atoms with E-state index < -0.39 is 17.5 Å². The maximum atomic E-state index is 13.9.